The molecule has 68 valence electrons. The molecule has 1 fully saturated rings. The largest absolute Gasteiger partial charge is 0.326 e. The maximum Gasteiger partial charge on any atom is 0.243 e. The number of hydrogen-bond donors (Lipinski definition) is 0. The molecule has 0 aromatic heterocycles. The van der Waals surface area contributed by atoms with E-state index in [-0.39, 0.29) is 24.3 Å². The molecule has 4 nitrogen and oxygen atoms in total. The van der Waals surface area contributed by atoms with Crippen molar-refractivity contribution < 1.29 is 9.59 Å². The van der Waals surface area contributed by atoms with E-state index in [1.54, 1.807) is 16.8 Å². The molecule has 2 amide bonds. The van der Waals surface area contributed by atoms with E-state index < -0.39 is 0 Å². The zero-order chi connectivity index (χ0) is 9.30. The van der Waals surface area contributed by atoms with Crippen LogP contribution in [0.1, 0.15) is 13.8 Å². The number of likely N-dealkylation sites (N-methyl/N-ethyl adjacent to an activating group) is 1. The molecule has 0 unspecified atom stereocenters. The van der Waals surface area contributed by atoms with Crippen molar-refractivity contribution in [1.29, 1.82) is 0 Å². The monoisotopic (exact) mass is 170 g/mol. The van der Waals surface area contributed by atoms with Gasteiger partial charge in [0, 0.05) is 13.0 Å². The summed E-state index contributed by atoms with van der Waals surface area (Å²) in [6.07, 6.45) is 0. The van der Waals surface area contributed by atoms with Gasteiger partial charge in [0.1, 0.15) is 6.54 Å². The van der Waals surface area contributed by atoms with Crippen LogP contribution in [-0.2, 0) is 9.59 Å². The van der Waals surface area contributed by atoms with Gasteiger partial charge in [0.05, 0.1) is 6.67 Å². The van der Waals surface area contributed by atoms with Gasteiger partial charge in [0.2, 0.25) is 11.8 Å². The van der Waals surface area contributed by atoms with Crippen LogP contribution in [-0.4, -0.2) is 41.9 Å². The first-order chi connectivity index (χ1) is 5.52. The van der Waals surface area contributed by atoms with Gasteiger partial charge >= 0.3 is 0 Å². The van der Waals surface area contributed by atoms with Crippen LogP contribution < -0.4 is 0 Å². The van der Waals surface area contributed by atoms with Gasteiger partial charge in [0.15, 0.2) is 0 Å². The topological polar surface area (TPSA) is 40.6 Å². The SMILES string of the molecule is CC(C)C(=O)N1CC(=O)N(C)C1. The van der Waals surface area contributed by atoms with E-state index in [1.807, 2.05) is 13.8 Å². The van der Waals surface area contributed by atoms with E-state index in [0.29, 0.717) is 6.67 Å². The first kappa shape index (κ1) is 9.03. The lowest BCUT2D eigenvalue weighted by molar-refractivity contribution is -0.134. The van der Waals surface area contributed by atoms with E-state index in [1.165, 1.54) is 0 Å². The molecule has 0 radical (unpaired) electrons. The summed E-state index contributed by atoms with van der Waals surface area (Å²) in [5, 5.41) is 0. The normalized spacial score (nSPS) is 17.8. The van der Waals surface area contributed by atoms with Gasteiger partial charge in [-0.1, -0.05) is 13.8 Å². The molecule has 1 aliphatic rings. The Bertz CT molecular complexity index is 213. The molecule has 12 heavy (non-hydrogen) atoms. The smallest absolute Gasteiger partial charge is 0.243 e. The minimum atomic E-state index is -0.0238. The minimum Gasteiger partial charge on any atom is -0.326 e. The number of nitrogens with zero attached hydrogens (tertiary/aromatic N) is 2. The van der Waals surface area contributed by atoms with Crippen LogP contribution in [0.25, 0.3) is 0 Å². The van der Waals surface area contributed by atoms with E-state index in [0.717, 1.165) is 0 Å². The van der Waals surface area contributed by atoms with Gasteiger partial charge in [-0.25, -0.2) is 0 Å². The lowest BCUT2D eigenvalue weighted by atomic mass is 10.2. The second-order valence-electron chi connectivity index (χ2n) is 3.42. The molecular formula is C8H14N2O2. The summed E-state index contributed by atoms with van der Waals surface area (Å²) in [5.41, 5.74) is 0. The van der Waals surface area contributed by atoms with Crippen molar-refractivity contribution in [2.24, 2.45) is 5.92 Å². The van der Waals surface area contributed by atoms with Crippen LogP contribution in [0.3, 0.4) is 0 Å². The molecule has 0 aromatic carbocycles. The highest BCUT2D eigenvalue weighted by Gasteiger charge is 2.28. The number of carbonyl (C=O) groups is 2. The Labute approximate surface area is 72.1 Å². The maximum atomic E-state index is 11.4. The van der Waals surface area contributed by atoms with Gasteiger partial charge in [-0.2, -0.15) is 0 Å². The van der Waals surface area contributed by atoms with Crippen molar-refractivity contribution in [3.63, 3.8) is 0 Å². The third kappa shape index (κ3) is 1.57. The summed E-state index contributed by atoms with van der Waals surface area (Å²) in [7, 11) is 1.70. The predicted octanol–water partition coefficient (Wildman–Crippen LogP) is -0.0995. The van der Waals surface area contributed by atoms with Gasteiger partial charge in [-0.05, 0) is 0 Å². The standard InChI is InChI=1S/C8H14N2O2/c1-6(2)8(12)10-4-7(11)9(3)5-10/h6H,4-5H2,1-3H3. The summed E-state index contributed by atoms with van der Waals surface area (Å²) in [6.45, 7) is 4.36. The highest BCUT2D eigenvalue weighted by Crippen LogP contribution is 2.08. The molecule has 4 heteroatoms. The molecule has 1 heterocycles. The van der Waals surface area contributed by atoms with E-state index in [4.69, 9.17) is 0 Å². The lowest BCUT2D eigenvalue weighted by Gasteiger charge is -2.16. The van der Waals surface area contributed by atoms with Gasteiger partial charge < -0.3 is 9.80 Å². The summed E-state index contributed by atoms with van der Waals surface area (Å²) >= 11 is 0. The second-order valence-corrected chi connectivity index (χ2v) is 3.42. The average molecular weight is 170 g/mol. The first-order valence-electron chi connectivity index (χ1n) is 4.05. The second kappa shape index (κ2) is 3.13. The van der Waals surface area contributed by atoms with Crippen molar-refractivity contribution in [1.82, 2.24) is 9.80 Å². The molecule has 0 saturated carbocycles. The highest BCUT2D eigenvalue weighted by atomic mass is 16.2. The van der Waals surface area contributed by atoms with Crippen LogP contribution in [0.15, 0.2) is 0 Å². The fourth-order valence-corrected chi connectivity index (χ4v) is 1.18. The van der Waals surface area contributed by atoms with Crippen molar-refractivity contribution in [3.05, 3.63) is 0 Å². The zero-order valence-corrected chi connectivity index (χ0v) is 7.70. The Hall–Kier alpha value is -1.06. The fourth-order valence-electron chi connectivity index (χ4n) is 1.18. The van der Waals surface area contributed by atoms with Crippen LogP contribution in [0.4, 0.5) is 0 Å². The first-order valence-corrected chi connectivity index (χ1v) is 4.05. The van der Waals surface area contributed by atoms with Crippen LogP contribution in [0.5, 0.6) is 0 Å². The summed E-state index contributed by atoms with van der Waals surface area (Å²) in [4.78, 5) is 25.6. The van der Waals surface area contributed by atoms with Crippen molar-refractivity contribution in [2.75, 3.05) is 20.3 Å². The third-order valence-corrected chi connectivity index (χ3v) is 1.94. The molecule has 1 aliphatic heterocycles. The zero-order valence-electron chi connectivity index (χ0n) is 7.70. The Morgan fingerprint density at radius 1 is 1.50 bits per heavy atom. The molecule has 0 bridgehead atoms. The molecule has 0 spiro atoms. The number of amides is 2. The van der Waals surface area contributed by atoms with Crippen molar-refractivity contribution in [2.45, 2.75) is 13.8 Å². The van der Waals surface area contributed by atoms with Crippen LogP contribution in [0.2, 0.25) is 0 Å². The maximum absolute atomic E-state index is 11.4. The van der Waals surface area contributed by atoms with Gasteiger partial charge in [-0.15, -0.1) is 0 Å². The van der Waals surface area contributed by atoms with E-state index in [2.05, 4.69) is 0 Å². The number of carbonyl (C=O) groups excluding carboxylic acids is 2. The van der Waals surface area contributed by atoms with E-state index in [9.17, 15) is 9.59 Å². The van der Waals surface area contributed by atoms with Crippen LogP contribution >= 0.6 is 0 Å². The fraction of sp³-hybridized carbons (Fsp3) is 0.750. The van der Waals surface area contributed by atoms with Crippen molar-refractivity contribution >= 4 is 11.8 Å². The predicted molar refractivity (Wildman–Crippen MR) is 44.2 cm³/mol. The summed E-state index contributed by atoms with van der Waals surface area (Å²) in [5.74, 6) is 0.0426. The summed E-state index contributed by atoms with van der Waals surface area (Å²) in [6, 6.07) is 0. The minimum absolute atomic E-state index is 0.0176. The molecule has 1 rings (SSSR count). The quantitative estimate of drug-likeness (QED) is 0.551. The molecule has 1 saturated heterocycles. The van der Waals surface area contributed by atoms with Gasteiger partial charge in [-0.3, -0.25) is 9.59 Å². The Kier molecular flexibility index (Phi) is 2.35. The summed E-state index contributed by atoms with van der Waals surface area (Å²) < 4.78 is 0. The molecular weight excluding hydrogens is 156 g/mol. The highest BCUT2D eigenvalue weighted by molar-refractivity contribution is 5.88. The average Bonchev–Trinajstić information content (AvgIpc) is 2.30. The lowest BCUT2D eigenvalue weighted by Crippen LogP contribution is -2.33. The molecule has 0 N–H and O–H groups in total. The third-order valence-electron chi connectivity index (χ3n) is 1.94. The Morgan fingerprint density at radius 2 is 2.08 bits per heavy atom. The number of rotatable bonds is 1. The number of hydrogen-bond acceptors (Lipinski definition) is 2. The Balaban J connectivity index is 2.57. The van der Waals surface area contributed by atoms with E-state index >= 15 is 0 Å². The molecule has 0 aliphatic carbocycles. The van der Waals surface area contributed by atoms with Gasteiger partial charge in [0.25, 0.3) is 0 Å². The Morgan fingerprint density at radius 3 is 2.42 bits per heavy atom. The molecule has 0 aromatic rings. The van der Waals surface area contributed by atoms with Crippen LogP contribution in [0, 0.1) is 5.92 Å². The molecule has 0 atom stereocenters. The van der Waals surface area contributed by atoms with Crippen molar-refractivity contribution in [3.8, 4) is 0 Å².